The smallest absolute Gasteiger partial charge is 0.309 e. The summed E-state index contributed by atoms with van der Waals surface area (Å²) in [6.45, 7) is 0. The topological polar surface area (TPSA) is 253 Å². The summed E-state index contributed by atoms with van der Waals surface area (Å²) in [4.78, 5) is 0. The molecule has 0 unspecified atom stereocenters. The molecule has 0 heterocycles. The van der Waals surface area contributed by atoms with Crippen LogP contribution >= 0.6 is 28.6 Å². The molecule has 0 aliphatic carbocycles. The molecule has 0 aliphatic heterocycles. The summed E-state index contributed by atoms with van der Waals surface area (Å²) in [5.74, 6) is 0. The molecule has 0 amide bonds. The molecule has 0 radical (unpaired) electrons. The Morgan fingerprint density at radius 2 is 0.209 bits per heavy atom. The fourth-order valence-corrected chi connectivity index (χ4v) is 20.1. The first-order chi connectivity index (χ1) is 43.3. The molecule has 0 spiro atoms. The van der Waals surface area contributed by atoms with Crippen LogP contribution in [-0.4, -0.2) is 0 Å². The second kappa shape index (κ2) is 35.2. The first-order valence-electron chi connectivity index (χ1n) is 27.6. The molecule has 12 aromatic carbocycles. The van der Waals surface area contributed by atoms with Crippen molar-refractivity contribution in [1.82, 2.24) is 0 Å². The third kappa shape index (κ3) is 20.7. The van der Waals surface area contributed by atoms with Crippen LogP contribution in [0.5, 0.6) is 0 Å². The van der Waals surface area contributed by atoms with Gasteiger partial charge in [0.05, 0.1) is 0 Å². The molecule has 0 fully saturated rings. The Morgan fingerprint density at radius 3 is 0.264 bits per heavy atom. The maximum absolute atomic E-state index is 13.8. The maximum Gasteiger partial charge on any atom is 2.00 e. The van der Waals surface area contributed by atoms with Crippen molar-refractivity contribution in [2.45, 2.75) is 0 Å². The van der Waals surface area contributed by atoms with Crippen LogP contribution in [0.3, 0.4) is 0 Å². The number of benzene rings is 12. The number of hydrogen-bond donors (Lipinski definition) is 0. The average Bonchev–Trinajstić information content (AvgIpc) is 0.877. The monoisotopic (exact) mass is 1370 g/mol. The van der Waals surface area contributed by atoms with Gasteiger partial charge in [0, 0.05) is 63.7 Å². The van der Waals surface area contributed by atoms with Crippen LogP contribution in [0.15, 0.2) is 364 Å². The van der Waals surface area contributed by atoms with Crippen molar-refractivity contribution in [3.63, 3.8) is 0 Å². The molecule has 0 saturated heterocycles. The maximum atomic E-state index is 13.8. The van der Waals surface area contributed by atoms with Gasteiger partial charge >= 0.3 is 17.1 Å². The van der Waals surface area contributed by atoms with Crippen molar-refractivity contribution in [2.24, 2.45) is 0 Å². The van der Waals surface area contributed by atoms with Crippen LogP contribution in [0.1, 0.15) is 0 Å². The van der Waals surface area contributed by atoms with Crippen molar-refractivity contribution in [2.75, 3.05) is 0 Å². The molecule has 462 valence electrons. The predicted molar refractivity (Wildman–Crippen MR) is 343 cm³/mol. The normalized spacial score (nSPS) is 11.2. The molecule has 0 aromatic heterocycles. The summed E-state index contributed by atoms with van der Waals surface area (Å²) in [7, 11) is -21.0. The van der Waals surface area contributed by atoms with Gasteiger partial charge < -0.3 is 18.3 Å². The second-order valence-corrected chi connectivity index (χ2v) is 31.8. The van der Waals surface area contributed by atoms with E-state index in [9.17, 15) is 18.3 Å². The van der Waals surface area contributed by atoms with E-state index in [0.717, 1.165) is 63.7 Å². The molecular formula is C72H60Cl2FeO12P4. The second-order valence-electron chi connectivity index (χ2n) is 19.2. The zero-order chi connectivity index (χ0) is 64.4. The molecule has 91 heavy (non-hydrogen) atoms. The van der Waals surface area contributed by atoms with E-state index in [0.29, 0.717) is 0 Å². The Hall–Kier alpha value is -7.66. The van der Waals surface area contributed by atoms with E-state index in [1.165, 1.54) is 0 Å². The Kier molecular flexibility index (Phi) is 28.0. The number of rotatable bonds is 12. The Balaban J connectivity index is 0.000000183. The fraction of sp³-hybridized carbons (Fsp3) is 0. The summed E-state index contributed by atoms with van der Waals surface area (Å²) < 4.78 is 123. The molecular weight excluding hydrogens is 1310 g/mol. The number of halogens is 2. The predicted octanol–water partition coefficient (Wildman–Crippen LogP) is 3.79. The first-order valence-corrected chi connectivity index (χ1v) is 36.9. The van der Waals surface area contributed by atoms with E-state index in [1.54, 1.807) is 0 Å². The van der Waals surface area contributed by atoms with Crippen molar-refractivity contribution in [3.8, 4) is 0 Å². The van der Waals surface area contributed by atoms with Crippen LogP contribution in [0, 0.1) is 20.5 Å². The van der Waals surface area contributed by atoms with Gasteiger partial charge in [0.2, 0.25) is 0 Å². The number of hydrogen-bond acceptors (Lipinski definition) is 12. The van der Waals surface area contributed by atoms with Gasteiger partial charge in [-0.3, -0.25) is 0 Å². The molecule has 12 nitrogen and oxygen atoms in total. The molecule has 0 N–H and O–H groups in total. The van der Waals surface area contributed by atoms with E-state index >= 15 is 0 Å². The first kappa shape index (κ1) is 72.4. The van der Waals surface area contributed by atoms with Crippen molar-refractivity contribution in [3.05, 3.63) is 364 Å². The molecule has 19 heteroatoms. The minimum absolute atomic E-state index is 0. The van der Waals surface area contributed by atoms with E-state index in [4.69, 9.17) is 37.3 Å². The zero-order valence-electron chi connectivity index (χ0n) is 48.4. The van der Waals surface area contributed by atoms with Crippen LogP contribution in [0.4, 0.5) is 0 Å². The minimum Gasteiger partial charge on any atom is -0.309 e. The summed E-state index contributed by atoms with van der Waals surface area (Å²) >= 11 is 0. The molecule has 0 saturated carbocycles. The van der Waals surface area contributed by atoms with Gasteiger partial charge in [-0.15, -0.1) is 20.5 Å². The molecule has 12 aromatic rings. The average molecular weight is 1370 g/mol. The van der Waals surface area contributed by atoms with Gasteiger partial charge in [-0.25, -0.2) is 37.3 Å². The summed E-state index contributed by atoms with van der Waals surface area (Å²) in [5, 5.41) is 10.5. The summed E-state index contributed by atoms with van der Waals surface area (Å²) in [5.41, 5.74) is 0. The van der Waals surface area contributed by atoms with E-state index < -0.39 is 49.1 Å². The van der Waals surface area contributed by atoms with Crippen molar-refractivity contribution < 1.29 is 93.1 Å². The Labute approximate surface area is 545 Å². The van der Waals surface area contributed by atoms with Crippen molar-refractivity contribution >= 4 is 92.2 Å². The quantitative estimate of drug-likeness (QED) is 0.125. The molecule has 0 aliphatic rings. The molecule has 12 rings (SSSR count). The molecule has 0 bridgehead atoms. The standard InChI is InChI=1S/4C18H15OP.2ClHO4.Fe/c4*19-20(16-10-4-1-5-11-16,17-12-6-2-7-13-17)18-14-8-3-9-15-18;2*2-1(3,4)5;/h4*1-15H;2*(H,2,3,4,5);/q;;;;;;+2/p-2. The fourth-order valence-electron chi connectivity index (χ4n) is 9.44. The van der Waals surface area contributed by atoms with Crippen LogP contribution in [0.25, 0.3) is 0 Å². The SMILES string of the molecule is O=P(c1ccccc1)(c1ccccc1)c1ccccc1.O=P(c1ccccc1)(c1ccccc1)c1ccccc1.O=P(c1ccccc1)(c1ccccc1)c1ccccc1.O=P(c1ccccc1)(c1ccccc1)c1ccccc1.[Fe+2].[O-][Cl+3]([O-])([O-])[O-].[O-][Cl+3]([O-])([O-])[O-]. The molecule has 0 atom stereocenters. The van der Waals surface area contributed by atoms with Gasteiger partial charge in [-0.05, 0) is 0 Å². The van der Waals surface area contributed by atoms with Gasteiger partial charge in [0.15, 0.2) is 28.6 Å². The zero-order valence-corrected chi connectivity index (χ0v) is 54.6. The van der Waals surface area contributed by atoms with Crippen LogP contribution < -0.4 is 101 Å². The van der Waals surface area contributed by atoms with Gasteiger partial charge in [-0.2, -0.15) is 0 Å². The van der Waals surface area contributed by atoms with E-state index in [-0.39, 0.29) is 17.1 Å². The van der Waals surface area contributed by atoms with Gasteiger partial charge in [-0.1, -0.05) is 364 Å². The van der Waals surface area contributed by atoms with E-state index in [2.05, 4.69) is 0 Å². The van der Waals surface area contributed by atoms with Crippen LogP contribution in [0.2, 0.25) is 0 Å². The largest absolute Gasteiger partial charge is 2.00 e. The third-order valence-corrected chi connectivity index (χ3v) is 25.7. The van der Waals surface area contributed by atoms with Gasteiger partial charge in [0.25, 0.3) is 0 Å². The summed E-state index contributed by atoms with van der Waals surface area (Å²) in [6, 6.07) is 117. The Bertz CT molecular complexity index is 3240. The minimum atomic E-state index is -4.94. The van der Waals surface area contributed by atoms with Crippen molar-refractivity contribution in [1.29, 1.82) is 0 Å². The van der Waals surface area contributed by atoms with Gasteiger partial charge in [0.1, 0.15) is 0 Å². The Morgan fingerprint density at radius 1 is 0.154 bits per heavy atom. The van der Waals surface area contributed by atoms with E-state index in [1.807, 2.05) is 364 Å². The summed E-state index contributed by atoms with van der Waals surface area (Å²) in [6.07, 6.45) is 0. The van der Waals surface area contributed by atoms with Crippen LogP contribution in [-0.2, 0) is 35.3 Å². The third-order valence-electron chi connectivity index (χ3n) is 13.4.